The molecule has 0 N–H and O–H groups in total. The van der Waals surface area contributed by atoms with Crippen LogP contribution >= 0.6 is 11.8 Å². The fraction of sp³-hybridized carbons (Fsp3) is 0.250. The topological polar surface area (TPSA) is 17.1 Å². The zero-order chi connectivity index (χ0) is 4.99. The molecule has 0 aromatic carbocycles. The van der Waals surface area contributed by atoms with Gasteiger partial charge < -0.3 is 0 Å². The zero-order valence-corrected chi connectivity index (χ0v) is 4.29. The number of hydrogen-bond acceptors (Lipinski definition) is 2. The summed E-state index contributed by atoms with van der Waals surface area (Å²) in [5, 5.41) is -0.0880. The van der Waals surface area contributed by atoms with Gasteiger partial charge in [0.1, 0.15) is 0 Å². The Morgan fingerprint density at radius 3 is 2.50 bits per heavy atom. The van der Waals surface area contributed by atoms with E-state index in [4.69, 9.17) is 6.58 Å². The second kappa shape index (κ2) is 2.97. The van der Waals surface area contributed by atoms with Crippen LogP contribution in [0, 0.1) is 6.58 Å². The molecule has 0 aromatic heterocycles. The first-order valence-corrected chi connectivity index (χ1v) is 2.66. The largest absolute Gasteiger partial charge is 0.282 e. The first kappa shape index (κ1) is 5.76. The molecular formula is C4H5OS. The SMILES string of the molecule is [CH]=CC(=O)SC. The molecule has 2 heteroatoms. The van der Waals surface area contributed by atoms with Gasteiger partial charge in [0, 0.05) is 0 Å². The zero-order valence-electron chi connectivity index (χ0n) is 3.47. The quantitative estimate of drug-likeness (QED) is 0.456. The lowest BCUT2D eigenvalue weighted by molar-refractivity contribution is -0.107. The summed E-state index contributed by atoms with van der Waals surface area (Å²) in [6.45, 7) is 4.79. The Hall–Kier alpha value is -0.240. The van der Waals surface area contributed by atoms with Crippen LogP contribution in [0.15, 0.2) is 6.08 Å². The van der Waals surface area contributed by atoms with Crippen molar-refractivity contribution < 1.29 is 4.79 Å². The van der Waals surface area contributed by atoms with E-state index in [0.717, 1.165) is 17.8 Å². The molecule has 0 aliphatic heterocycles. The van der Waals surface area contributed by atoms with E-state index >= 15 is 0 Å². The third-order valence-electron chi connectivity index (χ3n) is 0.337. The first-order valence-electron chi connectivity index (χ1n) is 1.44. The maximum absolute atomic E-state index is 9.96. The molecule has 6 heavy (non-hydrogen) atoms. The van der Waals surface area contributed by atoms with Crippen LogP contribution in [0.5, 0.6) is 0 Å². The maximum atomic E-state index is 9.96. The van der Waals surface area contributed by atoms with Crippen LogP contribution < -0.4 is 0 Å². The molecule has 0 aliphatic rings. The van der Waals surface area contributed by atoms with Crippen LogP contribution in [0.2, 0.25) is 0 Å². The van der Waals surface area contributed by atoms with Gasteiger partial charge in [0.15, 0.2) is 0 Å². The number of hydrogen-bond donors (Lipinski definition) is 0. The van der Waals surface area contributed by atoms with Crippen molar-refractivity contribution in [2.45, 2.75) is 0 Å². The average Bonchev–Trinajstić information content (AvgIpc) is 1.65. The molecule has 1 nitrogen and oxygen atoms in total. The molecule has 1 radical (unpaired) electrons. The highest BCUT2D eigenvalue weighted by atomic mass is 32.2. The van der Waals surface area contributed by atoms with Gasteiger partial charge in [-0.15, -0.1) is 0 Å². The predicted molar refractivity (Wildman–Crippen MR) is 27.4 cm³/mol. The molecule has 0 saturated heterocycles. The van der Waals surface area contributed by atoms with E-state index < -0.39 is 0 Å². The van der Waals surface area contributed by atoms with E-state index in [0.29, 0.717) is 0 Å². The summed E-state index contributed by atoms with van der Waals surface area (Å²) in [5.41, 5.74) is 0. The first-order chi connectivity index (χ1) is 2.81. The van der Waals surface area contributed by atoms with Gasteiger partial charge in [0.05, 0.1) is 0 Å². The highest BCUT2D eigenvalue weighted by Crippen LogP contribution is 1.91. The molecule has 33 valence electrons. The van der Waals surface area contributed by atoms with Crippen LogP contribution in [0.4, 0.5) is 0 Å². The predicted octanol–water partition coefficient (Wildman–Crippen LogP) is 0.865. The molecule has 0 bridgehead atoms. The molecule has 0 atom stereocenters. The minimum Gasteiger partial charge on any atom is -0.282 e. The molecule has 0 heterocycles. The van der Waals surface area contributed by atoms with Crippen molar-refractivity contribution in [1.29, 1.82) is 0 Å². The minimum atomic E-state index is -0.0880. The normalized spacial score (nSPS) is 7.50. The second-order valence-corrected chi connectivity index (χ2v) is 1.50. The molecule has 0 amide bonds. The van der Waals surface area contributed by atoms with Gasteiger partial charge in [0.25, 0.3) is 0 Å². The smallest absolute Gasteiger partial charge is 0.211 e. The van der Waals surface area contributed by atoms with E-state index in [-0.39, 0.29) is 5.12 Å². The Morgan fingerprint density at radius 1 is 2.00 bits per heavy atom. The molecule has 0 saturated carbocycles. The van der Waals surface area contributed by atoms with Crippen molar-refractivity contribution in [2.75, 3.05) is 6.26 Å². The van der Waals surface area contributed by atoms with Gasteiger partial charge in [-0.25, -0.2) is 0 Å². The Labute approximate surface area is 41.4 Å². The lowest BCUT2D eigenvalue weighted by Crippen LogP contribution is -1.76. The van der Waals surface area contributed by atoms with Crippen LogP contribution in [0.1, 0.15) is 0 Å². The fourth-order valence-electron chi connectivity index (χ4n) is 0.0680. The van der Waals surface area contributed by atoms with E-state index in [1.807, 2.05) is 0 Å². The van der Waals surface area contributed by atoms with E-state index in [1.165, 1.54) is 0 Å². The Kier molecular flexibility index (Phi) is 2.85. The van der Waals surface area contributed by atoms with Crippen molar-refractivity contribution in [3.63, 3.8) is 0 Å². The highest BCUT2D eigenvalue weighted by Gasteiger charge is 1.82. The summed E-state index contributed by atoms with van der Waals surface area (Å²) in [6.07, 6.45) is 2.73. The van der Waals surface area contributed by atoms with Crippen LogP contribution in [-0.2, 0) is 4.79 Å². The maximum Gasteiger partial charge on any atom is 0.211 e. The lowest BCUT2D eigenvalue weighted by atomic mass is 10.7. The minimum absolute atomic E-state index is 0.0880. The Bertz CT molecular complexity index is 67.9. The van der Waals surface area contributed by atoms with Crippen molar-refractivity contribution in [3.05, 3.63) is 12.7 Å². The molecule has 0 fully saturated rings. The molecule has 0 rings (SSSR count). The van der Waals surface area contributed by atoms with Gasteiger partial charge in [0.2, 0.25) is 5.12 Å². The van der Waals surface area contributed by atoms with Crippen LogP contribution in [0.3, 0.4) is 0 Å². The Morgan fingerprint density at radius 2 is 2.50 bits per heavy atom. The molecule has 0 aliphatic carbocycles. The summed E-state index contributed by atoms with van der Waals surface area (Å²) in [6, 6.07) is 0. The summed E-state index contributed by atoms with van der Waals surface area (Å²) in [4.78, 5) is 9.96. The summed E-state index contributed by atoms with van der Waals surface area (Å²) in [5.74, 6) is 0. The van der Waals surface area contributed by atoms with Gasteiger partial charge >= 0.3 is 0 Å². The Balaban J connectivity index is 3.23. The third-order valence-corrected chi connectivity index (χ3v) is 0.876. The highest BCUT2D eigenvalue weighted by molar-refractivity contribution is 8.13. The van der Waals surface area contributed by atoms with Crippen molar-refractivity contribution in [2.24, 2.45) is 0 Å². The monoisotopic (exact) mass is 101 g/mol. The van der Waals surface area contributed by atoms with E-state index in [2.05, 4.69) is 0 Å². The number of rotatable bonds is 1. The van der Waals surface area contributed by atoms with Crippen molar-refractivity contribution >= 4 is 16.9 Å². The van der Waals surface area contributed by atoms with Gasteiger partial charge in [-0.2, -0.15) is 0 Å². The number of carbonyl (C=O) groups excluding carboxylic acids is 1. The molecular weight excluding hydrogens is 96.1 g/mol. The van der Waals surface area contributed by atoms with Gasteiger partial charge in [-0.1, -0.05) is 18.3 Å². The van der Waals surface area contributed by atoms with Crippen LogP contribution in [0.25, 0.3) is 0 Å². The van der Waals surface area contributed by atoms with Crippen molar-refractivity contribution in [1.82, 2.24) is 0 Å². The standard InChI is InChI=1S/C4H5OS/c1-3-4(5)6-2/h1,3H,2H3. The van der Waals surface area contributed by atoms with Gasteiger partial charge in [-0.3, -0.25) is 4.79 Å². The third kappa shape index (κ3) is 2.03. The van der Waals surface area contributed by atoms with E-state index in [1.54, 1.807) is 6.26 Å². The van der Waals surface area contributed by atoms with Crippen molar-refractivity contribution in [3.8, 4) is 0 Å². The summed E-state index contributed by atoms with van der Waals surface area (Å²) in [7, 11) is 0. The van der Waals surface area contributed by atoms with Crippen LogP contribution in [-0.4, -0.2) is 11.4 Å². The molecule has 0 unspecified atom stereocenters. The summed E-state index contributed by atoms with van der Waals surface area (Å²) >= 11 is 1.11. The van der Waals surface area contributed by atoms with E-state index in [9.17, 15) is 4.79 Å². The average molecular weight is 101 g/mol. The number of thioether (sulfide) groups is 1. The summed E-state index contributed by atoms with van der Waals surface area (Å²) < 4.78 is 0. The molecule has 0 aromatic rings. The second-order valence-electron chi connectivity index (χ2n) is 0.690. The lowest BCUT2D eigenvalue weighted by Gasteiger charge is -1.75. The van der Waals surface area contributed by atoms with Gasteiger partial charge in [-0.05, 0) is 12.3 Å². The fourth-order valence-corrected chi connectivity index (χ4v) is 0.204. The molecule has 0 spiro atoms. The number of carbonyl (C=O) groups is 1.